The van der Waals surface area contributed by atoms with Crippen molar-refractivity contribution in [3.05, 3.63) is 273 Å². The van der Waals surface area contributed by atoms with Crippen LogP contribution in [-0.4, -0.2) is 34.6 Å². The lowest BCUT2D eigenvalue weighted by Crippen LogP contribution is -2.14. The number of pyridine rings is 2. The van der Waals surface area contributed by atoms with Crippen molar-refractivity contribution in [3.63, 3.8) is 0 Å². The topological polar surface area (TPSA) is 52.1 Å². The van der Waals surface area contributed by atoms with Crippen molar-refractivity contribution in [1.82, 2.24) is 9.97 Å². The molecule has 86 heavy (non-hydrogen) atoms. The Balaban J connectivity index is 0.000000954. The van der Waals surface area contributed by atoms with Gasteiger partial charge in [0.15, 0.2) is 0 Å². The van der Waals surface area contributed by atoms with Crippen LogP contribution in [0.25, 0.3) is 0 Å². The van der Waals surface area contributed by atoms with Crippen molar-refractivity contribution < 1.29 is 62.2 Å². The van der Waals surface area contributed by atoms with Crippen LogP contribution in [0.15, 0.2) is 195 Å². The summed E-state index contributed by atoms with van der Waals surface area (Å²) in [6.45, 7) is 19.4. The van der Waals surface area contributed by atoms with E-state index >= 15 is 0 Å². The van der Waals surface area contributed by atoms with Crippen LogP contribution < -0.4 is 0 Å². The van der Waals surface area contributed by atoms with E-state index in [0.717, 1.165) is 59.2 Å². The Kier molecular flexibility index (Phi) is 40.3. The first-order valence-corrected chi connectivity index (χ1v) is 28.8. The second-order valence-electron chi connectivity index (χ2n) is 19.3. The highest BCUT2D eigenvalue weighted by Gasteiger charge is 2.32. The molecular weight excluding hydrogens is 1150 g/mol. The fraction of sp³-hybridized carbons (Fsp3) is 0.319. The number of carbonyl (C=O) groups is 1. The summed E-state index contributed by atoms with van der Waals surface area (Å²) in [5.41, 5.74) is 5.21. The van der Waals surface area contributed by atoms with Gasteiger partial charge in [0.2, 0.25) is 0 Å². The van der Waals surface area contributed by atoms with E-state index in [1.807, 2.05) is 76.5 Å². The highest BCUT2D eigenvalue weighted by atomic mass is 32.2. The van der Waals surface area contributed by atoms with Gasteiger partial charge >= 0.3 is 24.5 Å². The number of aryl methyl sites for hydroxylation is 8. The highest BCUT2D eigenvalue weighted by molar-refractivity contribution is 7.98. The number of unbranched alkanes of at least 4 members (excludes halogenated alkanes) is 1. The summed E-state index contributed by atoms with van der Waals surface area (Å²) in [6.07, 6.45) is 1.83. The molecule has 2 heterocycles. The maximum Gasteiger partial charge on any atom is 0.416 e. The van der Waals surface area contributed by atoms with E-state index in [4.69, 9.17) is 4.74 Å². The summed E-state index contributed by atoms with van der Waals surface area (Å²) in [5, 5.41) is 0. The standard InChI is InChI=1S/C12H24O2S.3C8H7F3.3C7H7F.2C6H7N/c1-4-6-7-11(5-2)10-14-12(13)8-9-15-3;1-6-2-4-7(5-3-6)8(9,10)11;1-6-3-2-4-7(5-6)8(9,10)11;1-6-4-2-3-5-7(6)8(9,10)11;1-6-2-4-7(8)5-3-6;1-6-3-2-4-7(8)5-6;1-6-4-2-3-5-7(6)8;1-6-2-4-7-5-3-6;1-6-3-2-4-7-5-6/h11H,4-10H2,1-3H3;3*2-5H,1H3;3*2-5H,1H3;2*2-5H,1H3. The molecular formula is C69H80F12N2O2S. The number of thioether (sulfide) groups is 1. The molecule has 0 saturated carbocycles. The normalized spacial score (nSPS) is 10.6. The third-order valence-corrected chi connectivity index (χ3v) is 12.0. The molecule has 0 fully saturated rings. The highest BCUT2D eigenvalue weighted by Crippen LogP contribution is 2.32. The molecule has 8 aromatic rings. The van der Waals surface area contributed by atoms with Crippen LogP contribution >= 0.6 is 11.8 Å². The van der Waals surface area contributed by atoms with Crippen molar-refractivity contribution in [3.8, 4) is 0 Å². The number of ether oxygens (including phenoxy) is 1. The largest absolute Gasteiger partial charge is 0.465 e. The maximum absolute atomic E-state index is 12.3. The molecule has 0 radical (unpaired) electrons. The molecule has 0 spiro atoms. The Labute approximate surface area is 505 Å². The summed E-state index contributed by atoms with van der Waals surface area (Å²) in [5.74, 6) is 0.917. The number of carbonyl (C=O) groups excluding carboxylic acids is 1. The third-order valence-electron chi connectivity index (χ3n) is 11.4. The molecule has 0 amide bonds. The van der Waals surface area contributed by atoms with Gasteiger partial charge in [-0.05, 0) is 175 Å². The number of hydrogen-bond acceptors (Lipinski definition) is 5. The summed E-state index contributed by atoms with van der Waals surface area (Å²) >= 11 is 1.68. The van der Waals surface area contributed by atoms with E-state index in [2.05, 4.69) is 23.8 Å². The molecule has 0 bridgehead atoms. The fourth-order valence-corrected chi connectivity index (χ4v) is 6.76. The molecule has 0 aliphatic rings. The van der Waals surface area contributed by atoms with Gasteiger partial charge in [0.05, 0.1) is 29.7 Å². The zero-order valence-electron chi connectivity index (χ0n) is 50.7. The summed E-state index contributed by atoms with van der Waals surface area (Å²) in [7, 11) is 0. The Morgan fingerprint density at radius 3 is 1.35 bits per heavy atom. The number of rotatable bonds is 9. The molecule has 1 unspecified atom stereocenters. The van der Waals surface area contributed by atoms with Gasteiger partial charge in [0.1, 0.15) is 17.5 Å². The van der Waals surface area contributed by atoms with E-state index in [9.17, 15) is 57.5 Å². The van der Waals surface area contributed by atoms with Crippen LogP contribution in [0.4, 0.5) is 52.7 Å². The Morgan fingerprint density at radius 2 is 1.00 bits per heavy atom. The fourth-order valence-electron chi connectivity index (χ4n) is 6.39. The van der Waals surface area contributed by atoms with Gasteiger partial charge in [-0.1, -0.05) is 147 Å². The summed E-state index contributed by atoms with van der Waals surface area (Å²) in [6, 6.07) is 43.3. The van der Waals surface area contributed by atoms with Crippen LogP contribution in [0.5, 0.6) is 0 Å². The lowest BCUT2D eigenvalue weighted by molar-refractivity contribution is -0.144. The smallest absolute Gasteiger partial charge is 0.416 e. The lowest BCUT2D eigenvalue weighted by Gasteiger charge is -2.14. The monoisotopic (exact) mass is 1230 g/mol. The molecule has 0 saturated heterocycles. The molecule has 468 valence electrons. The Morgan fingerprint density at radius 1 is 0.488 bits per heavy atom. The van der Waals surface area contributed by atoms with Gasteiger partial charge in [-0.25, -0.2) is 13.2 Å². The zero-order valence-corrected chi connectivity index (χ0v) is 51.5. The zero-order chi connectivity index (χ0) is 65.1. The average molecular weight is 1230 g/mol. The number of hydrogen-bond donors (Lipinski definition) is 0. The average Bonchev–Trinajstić information content (AvgIpc) is 3.66. The second kappa shape index (κ2) is 44.1. The number of esters is 1. The van der Waals surface area contributed by atoms with Crippen LogP contribution in [-0.2, 0) is 28.1 Å². The van der Waals surface area contributed by atoms with Gasteiger partial charge in [-0.3, -0.25) is 14.8 Å². The first kappa shape index (κ1) is 78.6. The van der Waals surface area contributed by atoms with Crippen molar-refractivity contribution in [2.24, 2.45) is 5.92 Å². The SMILES string of the molecule is CCCCC(CC)COC(=O)CCSC.Cc1ccc(C(F)(F)F)cc1.Cc1ccc(F)cc1.Cc1cccc(C(F)(F)F)c1.Cc1cccc(F)c1.Cc1ccccc1C(F)(F)F.Cc1ccccc1F.Cc1cccnc1.Cc1ccncc1. The Bertz CT molecular complexity index is 2900. The van der Waals surface area contributed by atoms with Gasteiger partial charge in [-0.15, -0.1) is 0 Å². The minimum Gasteiger partial charge on any atom is -0.465 e. The molecule has 8 rings (SSSR count). The van der Waals surface area contributed by atoms with E-state index in [-0.39, 0.29) is 29.0 Å². The quantitative estimate of drug-likeness (QED) is 0.106. The van der Waals surface area contributed by atoms with Gasteiger partial charge in [-0.2, -0.15) is 51.3 Å². The molecule has 4 nitrogen and oxygen atoms in total. The summed E-state index contributed by atoms with van der Waals surface area (Å²) in [4.78, 5) is 19.0. The predicted molar refractivity (Wildman–Crippen MR) is 327 cm³/mol. The molecule has 17 heteroatoms. The van der Waals surface area contributed by atoms with Crippen LogP contribution in [0.1, 0.15) is 107 Å². The first-order valence-electron chi connectivity index (χ1n) is 27.4. The maximum atomic E-state index is 12.3. The van der Waals surface area contributed by atoms with Gasteiger partial charge in [0, 0.05) is 30.5 Å². The van der Waals surface area contributed by atoms with Gasteiger partial charge < -0.3 is 4.74 Å². The molecule has 0 aliphatic heterocycles. The minimum absolute atomic E-state index is 0.0423. The van der Waals surface area contributed by atoms with E-state index in [1.165, 1.54) is 98.0 Å². The first-order chi connectivity index (χ1) is 40.4. The number of benzene rings is 6. The van der Waals surface area contributed by atoms with Crippen molar-refractivity contribution in [2.75, 3.05) is 18.6 Å². The van der Waals surface area contributed by atoms with E-state index < -0.39 is 35.2 Å². The molecule has 0 aliphatic carbocycles. The minimum atomic E-state index is -4.22. The number of halogens is 12. The molecule has 6 aromatic carbocycles. The Hall–Kier alpha value is -7.40. The van der Waals surface area contributed by atoms with Crippen LogP contribution in [0.3, 0.4) is 0 Å². The van der Waals surface area contributed by atoms with E-state index in [1.54, 1.807) is 93.6 Å². The van der Waals surface area contributed by atoms with E-state index in [0.29, 0.717) is 30.1 Å². The molecule has 2 aromatic heterocycles. The van der Waals surface area contributed by atoms with Crippen LogP contribution in [0.2, 0.25) is 0 Å². The third kappa shape index (κ3) is 40.8. The molecule has 0 N–H and O–H groups in total. The molecule has 1 atom stereocenters. The number of nitrogens with zero attached hydrogens (tertiary/aromatic N) is 2. The van der Waals surface area contributed by atoms with Gasteiger partial charge in [0.25, 0.3) is 0 Å². The van der Waals surface area contributed by atoms with Crippen molar-refractivity contribution in [2.45, 2.75) is 120 Å². The van der Waals surface area contributed by atoms with Crippen LogP contribution in [0, 0.1) is 78.8 Å². The number of aromatic nitrogens is 2. The predicted octanol–water partition coefficient (Wildman–Crippen LogP) is 21.7. The second-order valence-corrected chi connectivity index (χ2v) is 20.3. The van der Waals surface area contributed by atoms with Crippen molar-refractivity contribution in [1.29, 1.82) is 0 Å². The lowest BCUT2D eigenvalue weighted by atomic mass is 10.0. The number of alkyl halides is 9. The summed E-state index contributed by atoms with van der Waals surface area (Å²) < 4.78 is 150. The van der Waals surface area contributed by atoms with Crippen molar-refractivity contribution >= 4 is 17.7 Å².